The maximum Gasteiger partial charge on any atom is 0.191 e. The molecule has 0 saturated heterocycles. The van der Waals surface area contributed by atoms with Gasteiger partial charge in [-0.25, -0.2) is 0 Å². The number of nitrogens with one attached hydrogen (secondary N) is 2. The van der Waals surface area contributed by atoms with E-state index in [1.807, 2.05) is 32.9 Å². The molecule has 0 bridgehead atoms. The Morgan fingerprint density at radius 3 is 2.70 bits per heavy atom. The highest BCUT2D eigenvalue weighted by Crippen LogP contribution is 2.13. The van der Waals surface area contributed by atoms with Gasteiger partial charge in [0.2, 0.25) is 0 Å². The Morgan fingerprint density at radius 1 is 1.40 bits per heavy atom. The predicted molar refractivity (Wildman–Crippen MR) is 85.2 cm³/mol. The second-order valence-corrected chi connectivity index (χ2v) is 5.82. The summed E-state index contributed by atoms with van der Waals surface area (Å²) in [5, 5.41) is 6.50. The molecule has 0 saturated carbocycles. The number of ether oxygens (including phenoxy) is 1. The van der Waals surface area contributed by atoms with E-state index in [0.29, 0.717) is 6.54 Å². The lowest BCUT2D eigenvalue weighted by Gasteiger charge is -2.21. The Balaban J connectivity index is 2.44. The van der Waals surface area contributed by atoms with Gasteiger partial charge in [-0.3, -0.25) is 4.99 Å². The summed E-state index contributed by atoms with van der Waals surface area (Å²) in [5.41, 5.74) is -0.256. The van der Waals surface area contributed by atoms with Crippen LogP contribution in [0.2, 0.25) is 0 Å². The molecule has 114 valence electrons. The van der Waals surface area contributed by atoms with Crippen LogP contribution in [0.1, 0.15) is 26.5 Å². The quantitative estimate of drug-likeness (QED) is 0.589. The van der Waals surface area contributed by atoms with Gasteiger partial charge < -0.3 is 19.8 Å². The number of halogens is 1. The molecule has 0 aliphatic heterocycles. The number of methoxy groups -OCH3 is 1. The van der Waals surface area contributed by atoms with Crippen LogP contribution in [-0.2, 0) is 11.2 Å². The summed E-state index contributed by atoms with van der Waals surface area (Å²) < 4.78 is 11.6. The molecule has 0 spiro atoms. The van der Waals surface area contributed by atoms with Crippen LogP contribution in [0.5, 0.6) is 0 Å². The van der Waals surface area contributed by atoms with Gasteiger partial charge in [0.1, 0.15) is 5.76 Å². The van der Waals surface area contributed by atoms with Crippen molar-refractivity contribution in [2.45, 2.75) is 32.8 Å². The van der Waals surface area contributed by atoms with E-state index in [1.165, 1.54) is 0 Å². The fourth-order valence-electron chi connectivity index (χ4n) is 1.47. The third-order valence-electron chi connectivity index (χ3n) is 2.81. The smallest absolute Gasteiger partial charge is 0.191 e. The lowest BCUT2D eigenvalue weighted by Crippen LogP contribution is -2.40. The number of furan rings is 1. The van der Waals surface area contributed by atoms with E-state index in [4.69, 9.17) is 9.15 Å². The maximum atomic E-state index is 5.45. The van der Waals surface area contributed by atoms with Crippen LogP contribution >= 0.6 is 15.9 Å². The molecule has 0 unspecified atom stereocenters. The van der Waals surface area contributed by atoms with E-state index in [9.17, 15) is 0 Å². The number of guanidine groups is 1. The topological polar surface area (TPSA) is 58.8 Å². The van der Waals surface area contributed by atoms with Crippen molar-refractivity contribution in [2.75, 3.05) is 26.7 Å². The molecule has 0 amide bonds. The minimum atomic E-state index is -0.256. The van der Waals surface area contributed by atoms with Crippen molar-refractivity contribution in [3.63, 3.8) is 0 Å². The van der Waals surface area contributed by atoms with Crippen molar-refractivity contribution in [1.82, 2.24) is 10.6 Å². The normalized spacial score (nSPS) is 12.6. The monoisotopic (exact) mass is 345 g/mol. The molecule has 0 aliphatic rings. The Bertz CT molecular complexity index is 430. The molecule has 1 rings (SSSR count). The molecule has 1 heterocycles. The molecular formula is C14H24BrN3O2. The summed E-state index contributed by atoms with van der Waals surface area (Å²) in [4.78, 5) is 4.52. The standard InChI is InChI=1S/C14H24BrN3O2/c1-5-16-13(18-10-14(2,3)19-4)17-9-8-11-6-7-12(15)20-11/h6-7H,5,8-10H2,1-4H3,(H2,16,17,18). The number of hydrogen-bond donors (Lipinski definition) is 2. The van der Waals surface area contributed by atoms with Crippen molar-refractivity contribution < 1.29 is 9.15 Å². The Hall–Kier alpha value is -1.01. The van der Waals surface area contributed by atoms with Gasteiger partial charge in [-0.05, 0) is 48.8 Å². The van der Waals surface area contributed by atoms with E-state index < -0.39 is 0 Å². The molecule has 1 aromatic rings. The van der Waals surface area contributed by atoms with Crippen molar-refractivity contribution >= 4 is 21.9 Å². The van der Waals surface area contributed by atoms with E-state index in [-0.39, 0.29) is 5.60 Å². The predicted octanol–water partition coefficient (Wildman–Crippen LogP) is 2.56. The third kappa shape index (κ3) is 6.43. The summed E-state index contributed by atoms with van der Waals surface area (Å²) in [5.74, 6) is 1.74. The molecule has 0 fully saturated rings. The summed E-state index contributed by atoms with van der Waals surface area (Å²) in [6.07, 6.45) is 0.809. The van der Waals surface area contributed by atoms with Gasteiger partial charge in [-0.15, -0.1) is 0 Å². The fraction of sp³-hybridized carbons (Fsp3) is 0.643. The van der Waals surface area contributed by atoms with E-state index in [1.54, 1.807) is 7.11 Å². The number of aliphatic imine (C=N–C) groups is 1. The van der Waals surface area contributed by atoms with Gasteiger partial charge in [-0.1, -0.05) is 0 Å². The molecule has 0 atom stereocenters. The Kier molecular flexibility index (Phi) is 7.09. The van der Waals surface area contributed by atoms with E-state index in [2.05, 4.69) is 31.6 Å². The van der Waals surface area contributed by atoms with Gasteiger partial charge in [0.25, 0.3) is 0 Å². The van der Waals surface area contributed by atoms with Gasteiger partial charge in [-0.2, -0.15) is 0 Å². The molecule has 20 heavy (non-hydrogen) atoms. The zero-order chi connectivity index (χ0) is 15.0. The first kappa shape index (κ1) is 17.0. The first-order valence-electron chi connectivity index (χ1n) is 6.78. The van der Waals surface area contributed by atoms with Crippen LogP contribution in [0, 0.1) is 0 Å². The fourth-order valence-corrected chi connectivity index (χ4v) is 1.81. The van der Waals surface area contributed by atoms with Crippen LogP contribution in [-0.4, -0.2) is 38.3 Å². The summed E-state index contributed by atoms with van der Waals surface area (Å²) in [6, 6.07) is 3.86. The Labute approximate surface area is 129 Å². The lowest BCUT2D eigenvalue weighted by molar-refractivity contribution is 0.0310. The minimum Gasteiger partial charge on any atom is -0.454 e. The zero-order valence-electron chi connectivity index (χ0n) is 12.6. The average molecular weight is 346 g/mol. The van der Waals surface area contributed by atoms with Gasteiger partial charge >= 0.3 is 0 Å². The van der Waals surface area contributed by atoms with E-state index >= 15 is 0 Å². The minimum absolute atomic E-state index is 0.256. The first-order chi connectivity index (χ1) is 9.46. The van der Waals surface area contributed by atoms with Crippen LogP contribution in [0.4, 0.5) is 0 Å². The highest BCUT2D eigenvalue weighted by Gasteiger charge is 2.15. The van der Waals surface area contributed by atoms with Crippen LogP contribution < -0.4 is 10.6 Å². The van der Waals surface area contributed by atoms with Gasteiger partial charge in [0, 0.05) is 26.6 Å². The first-order valence-corrected chi connectivity index (χ1v) is 7.57. The summed E-state index contributed by atoms with van der Waals surface area (Å²) in [6.45, 7) is 8.26. The highest BCUT2D eigenvalue weighted by atomic mass is 79.9. The van der Waals surface area contributed by atoms with Gasteiger partial charge in [0.05, 0.1) is 12.1 Å². The molecule has 0 radical (unpaired) electrons. The van der Waals surface area contributed by atoms with Gasteiger partial charge in [0.15, 0.2) is 10.6 Å². The average Bonchev–Trinajstić information content (AvgIpc) is 2.82. The largest absolute Gasteiger partial charge is 0.454 e. The van der Waals surface area contributed by atoms with Crippen molar-refractivity contribution in [3.05, 3.63) is 22.6 Å². The molecule has 0 aliphatic carbocycles. The summed E-state index contributed by atoms with van der Waals surface area (Å²) in [7, 11) is 1.70. The molecule has 0 aromatic carbocycles. The number of nitrogens with zero attached hydrogens (tertiary/aromatic N) is 1. The third-order valence-corrected chi connectivity index (χ3v) is 3.23. The van der Waals surface area contributed by atoms with E-state index in [0.717, 1.165) is 35.9 Å². The second kappa shape index (κ2) is 8.32. The lowest BCUT2D eigenvalue weighted by atomic mass is 10.1. The number of hydrogen-bond acceptors (Lipinski definition) is 3. The Morgan fingerprint density at radius 2 is 2.15 bits per heavy atom. The molecular weight excluding hydrogens is 322 g/mol. The van der Waals surface area contributed by atoms with Crippen molar-refractivity contribution in [1.29, 1.82) is 0 Å². The van der Waals surface area contributed by atoms with Crippen molar-refractivity contribution in [3.8, 4) is 0 Å². The second-order valence-electron chi connectivity index (χ2n) is 5.04. The zero-order valence-corrected chi connectivity index (χ0v) is 14.2. The van der Waals surface area contributed by atoms with Crippen LogP contribution in [0.3, 0.4) is 0 Å². The molecule has 5 nitrogen and oxygen atoms in total. The summed E-state index contributed by atoms with van der Waals surface area (Å²) >= 11 is 3.30. The molecule has 2 N–H and O–H groups in total. The highest BCUT2D eigenvalue weighted by molar-refractivity contribution is 9.10. The van der Waals surface area contributed by atoms with Crippen LogP contribution in [0.15, 0.2) is 26.2 Å². The SMILES string of the molecule is CCNC(=NCC(C)(C)OC)NCCc1ccc(Br)o1. The molecule has 1 aromatic heterocycles. The number of rotatable bonds is 7. The van der Waals surface area contributed by atoms with Crippen LogP contribution in [0.25, 0.3) is 0 Å². The molecule has 6 heteroatoms. The maximum absolute atomic E-state index is 5.45. The van der Waals surface area contributed by atoms with Crippen molar-refractivity contribution in [2.24, 2.45) is 4.99 Å².